The van der Waals surface area contributed by atoms with Gasteiger partial charge in [-0.2, -0.15) is 0 Å². The Bertz CT molecular complexity index is 753. The van der Waals surface area contributed by atoms with E-state index in [4.69, 9.17) is 4.74 Å². The van der Waals surface area contributed by atoms with Crippen molar-refractivity contribution in [2.45, 2.75) is 18.9 Å². The van der Waals surface area contributed by atoms with Gasteiger partial charge < -0.3 is 14.5 Å². The summed E-state index contributed by atoms with van der Waals surface area (Å²) in [5.41, 5.74) is 0.356. The molecular formula is C18H21FN4O2. The SMILES string of the molecule is CN(C)c1nccnc1OC1CCCN(C(=O)c2cccc(F)c2)C1. The maximum Gasteiger partial charge on any atom is 0.257 e. The number of hydrogen-bond donors (Lipinski definition) is 0. The first kappa shape index (κ1) is 17.1. The fraction of sp³-hybridized carbons (Fsp3) is 0.389. The number of carbonyl (C=O) groups is 1. The Balaban J connectivity index is 1.70. The summed E-state index contributed by atoms with van der Waals surface area (Å²) in [6.07, 6.45) is 4.69. The van der Waals surface area contributed by atoms with Crippen LogP contribution < -0.4 is 9.64 Å². The molecule has 0 aliphatic carbocycles. The van der Waals surface area contributed by atoms with Gasteiger partial charge in [-0.25, -0.2) is 14.4 Å². The van der Waals surface area contributed by atoms with Crippen molar-refractivity contribution >= 4 is 11.7 Å². The van der Waals surface area contributed by atoms with Crippen LogP contribution in [0.2, 0.25) is 0 Å². The first-order chi connectivity index (χ1) is 12.0. The van der Waals surface area contributed by atoms with Crippen molar-refractivity contribution in [2.75, 3.05) is 32.1 Å². The number of anilines is 1. The number of halogens is 1. The van der Waals surface area contributed by atoms with Crippen LogP contribution in [0.25, 0.3) is 0 Å². The summed E-state index contributed by atoms with van der Waals surface area (Å²) in [6, 6.07) is 5.77. The van der Waals surface area contributed by atoms with Crippen LogP contribution in [0, 0.1) is 5.82 Å². The minimum absolute atomic E-state index is 0.165. The maximum absolute atomic E-state index is 13.4. The van der Waals surface area contributed by atoms with Crippen LogP contribution in [0.4, 0.5) is 10.2 Å². The molecular weight excluding hydrogens is 323 g/mol. The number of ether oxygens (including phenoxy) is 1. The van der Waals surface area contributed by atoms with E-state index in [1.54, 1.807) is 29.4 Å². The molecule has 7 heteroatoms. The van der Waals surface area contributed by atoms with Gasteiger partial charge >= 0.3 is 0 Å². The van der Waals surface area contributed by atoms with Gasteiger partial charge in [0.15, 0.2) is 5.82 Å². The van der Waals surface area contributed by atoms with Crippen molar-refractivity contribution in [3.05, 3.63) is 48.0 Å². The standard InChI is InChI=1S/C18H21FN4O2/c1-22(2)16-17(21-9-8-20-16)25-15-7-4-10-23(12-15)18(24)13-5-3-6-14(19)11-13/h3,5-6,8-9,11,15H,4,7,10,12H2,1-2H3. The van der Waals surface area contributed by atoms with Crippen LogP contribution in [0.3, 0.4) is 0 Å². The summed E-state index contributed by atoms with van der Waals surface area (Å²) in [7, 11) is 3.75. The number of carbonyl (C=O) groups excluding carboxylic acids is 1. The molecule has 1 atom stereocenters. The smallest absolute Gasteiger partial charge is 0.257 e. The summed E-state index contributed by atoms with van der Waals surface area (Å²) in [5, 5.41) is 0. The van der Waals surface area contributed by atoms with Gasteiger partial charge in [0.05, 0.1) is 6.54 Å². The molecule has 1 amide bonds. The maximum atomic E-state index is 13.4. The predicted molar refractivity (Wildman–Crippen MR) is 92.3 cm³/mol. The Hall–Kier alpha value is -2.70. The van der Waals surface area contributed by atoms with Crippen molar-refractivity contribution < 1.29 is 13.9 Å². The van der Waals surface area contributed by atoms with E-state index in [1.165, 1.54) is 12.1 Å². The molecule has 3 rings (SSSR count). The molecule has 1 aliphatic rings. The van der Waals surface area contributed by atoms with Crippen LogP contribution >= 0.6 is 0 Å². The zero-order valence-electron chi connectivity index (χ0n) is 14.4. The number of rotatable bonds is 4. The summed E-state index contributed by atoms with van der Waals surface area (Å²) in [5.74, 6) is 0.513. The van der Waals surface area contributed by atoms with Crippen molar-refractivity contribution in [3.63, 3.8) is 0 Å². The topological polar surface area (TPSA) is 58.6 Å². The molecule has 2 aromatic rings. The molecule has 6 nitrogen and oxygen atoms in total. The van der Waals surface area contributed by atoms with E-state index in [1.807, 2.05) is 19.0 Å². The van der Waals surface area contributed by atoms with Gasteiger partial charge in [-0.05, 0) is 31.0 Å². The molecule has 2 heterocycles. The van der Waals surface area contributed by atoms with E-state index in [-0.39, 0.29) is 12.0 Å². The van der Waals surface area contributed by atoms with Crippen molar-refractivity contribution in [1.29, 1.82) is 0 Å². The van der Waals surface area contributed by atoms with Gasteiger partial charge in [0.1, 0.15) is 11.9 Å². The molecule has 1 aliphatic heterocycles. The lowest BCUT2D eigenvalue weighted by atomic mass is 10.1. The molecule has 0 spiro atoms. The molecule has 1 saturated heterocycles. The van der Waals surface area contributed by atoms with Crippen molar-refractivity contribution in [1.82, 2.24) is 14.9 Å². The average Bonchev–Trinajstić information content (AvgIpc) is 2.61. The molecule has 25 heavy (non-hydrogen) atoms. The third kappa shape index (κ3) is 4.04. The van der Waals surface area contributed by atoms with E-state index in [0.29, 0.717) is 30.4 Å². The molecule has 0 N–H and O–H groups in total. The Kier molecular flexibility index (Phi) is 5.11. The Morgan fingerprint density at radius 1 is 1.32 bits per heavy atom. The third-order valence-electron chi connectivity index (χ3n) is 4.09. The highest BCUT2D eigenvalue weighted by molar-refractivity contribution is 5.94. The second kappa shape index (κ2) is 7.46. The van der Waals surface area contributed by atoms with Gasteiger partial charge in [-0.15, -0.1) is 0 Å². The molecule has 0 radical (unpaired) electrons. The Morgan fingerprint density at radius 3 is 2.88 bits per heavy atom. The molecule has 1 fully saturated rings. The number of amides is 1. The summed E-state index contributed by atoms with van der Waals surface area (Å²) in [4.78, 5) is 24.7. The fourth-order valence-corrected chi connectivity index (χ4v) is 2.89. The van der Waals surface area contributed by atoms with Gasteiger partial charge in [0.2, 0.25) is 0 Å². The van der Waals surface area contributed by atoms with E-state index in [9.17, 15) is 9.18 Å². The molecule has 1 unspecified atom stereocenters. The lowest BCUT2D eigenvalue weighted by Crippen LogP contribution is -2.44. The second-order valence-electron chi connectivity index (χ2n) is 6.22. The molecule has 1 aromatic heterocycles. The van der Waals surface area contributed by atoms with Gasteiger partial charge in [0.25, 0.3) is 11.8 Å². The first-order valence-electron chi connectivity index (χ1n) is 8.24. The molecule has 1 aromatic carbocycles. The largest absolute Gasteiger partial charge is 0.470 e. The monoisotopic (exact) mass is 344 g/mol. The lowest BCUT2D eigenvalue weighted by molar-refractivity contribution is 0.0528. The summed E-state index contributed by atoms with van der Waals surface area (Å²) >= 11 is 0. The van der Waals surface area contributed by atoms with Crippen LogP contribution in [0.1, 0.15) is 23.2 Å². The van der Waals surface area contributed by atoms with Gasteiger partial charge in [0, 0.05) is 38.6 Å². The highest BCUT2D eigenvalue weighted by atomic mass is 19.1. The van der Waals surface area contributed by atoms with Crippen LogP contribution in [0.15, 0.2) is 36.7 Å². The minimum Gasteiger partial charge on any atom is -0.470 e. The van der Waals surface area contributed by atoms with E-state index < -0.39 is 5.82 Å². The van der Waals surface area contributed by atoms with Gasteiger partial charge in [-0.3, -0.25) is 4.79 Å². The fourth-order valence-electron chi connectivity index (χ4n) is 2.89. The normalized spacial score (nSPS) is 17.2. The first-order valence-corrected chi connectivity index (χ1v) is 8.24. The number of hydrogen-bond acceptors (Lipinski definition) is 5. The second-order valence-corrected chi connectivity index (χ2v) is 6.22. The number of piperidine rings is 1. The zero-order valence-corrected chi connectivity index (χ0v) is 14.4. The van der Waals surface area contributed by atoms with E-state index in [0.717, 1.165) is 12.8 Å². The quantitative estimate of drug-likeness (QED) is 0.852. The van der Waals surface area contributed by atoms with Crippen LogP contribution in [-0.4, -0.2) is 54.1 Å². The van der Waals surface area contributed by atoms with E-state index >= 15 is 0 Å². The molecule has 132 valence electrons. The number of nitrogens with zero attached hydrogens (tertiary/aromatic N) is 4. The molecule has 0 saturated carbocycles. The minimum atomic E-state index is -0.411. The lowest BCUT2D eigenvalue weighted by Gasteiger charge is -2.33. The summed E-state index contributed by atoms with van der Waals surface area (Å²) in [6.45, 7) is 1.08. The third-order valence-corrected chi connectivity index (χ3v) is 4.09. The Labute approximate surface area is 146 Å². The summed E-state index contributed by atoms with van der Waals surface area (Å²) < 4.78 is 19.4. The number of likely N-dealkylation sites (tertiary alicyclic amines) is 1. The van der Waals surface area contributed by atoms with Crippen LogP contribution in [0.5, 0.6) is 5.88 Å². The van der Waals surface area contributed by atoms with E-state index in [2.05, 4.69) is 9.97 Å². The zero-order chi connectivity index (χ0) is 17.8. The number of aromatic nitrogens is 2. The highest BCUT2D eigenvalue weighted by Crippen LogP contribution is 2.24. The van der Waals surface area contributed by atoms with Crippen LogP contribution in [-0.2, 0) is 0 Å². The highest BCUT2D eigenvalue weighted by Gasteiger charge is 2.27. The predicted octanol–water partition coefficient (Wildman–Crippen LogP) is 2.37. The van der Waals surface area contributed by atoms with Gasteiger partial charge in [-0.1, -0.05) is 6.07 Å². The molecule has 0 bridgehead atoms. The average molecular weight is 344 g/mol. The van der Waals surface area contributed by atoms with Crippen molar-refractivity contribution in [2.24, 2.45) is 0 Å². The van der Waals surface area contributed by atoms with Crippen molar-refractivity contribution in [3.8, 4) is 5.88 Å². The Morgan fingerprint density at radius 2 is 2.12 bits per heavy atom. The number of benzene rings is 1.